The van der Waals surface area contributed by atoms with Gasteiger partial charge < -0.3 is 9.13 Å². The number of rotatable bonds is 5. The summed E-state index contributed by atoms with van der Waals surface area (Å²) in [5.41, 5.74) is 9.68. The second-order valence-corrected chi connectivity index (χ2v) is 15.5. The fourth-order valence-electron chi connectivity index (χ4n) is 8.56. The molecule has 0 aliphatic carbocycles. The van der Waals surface area contributed by atoms with Gasteiger partial charge in [0.2, 0.25) is 0 Å². The van der Waals surface area contributed by atoms with Gasteiger partial charge in [-0.2, -0.15) is 0 Å². The number of para-hydroxylation sites is 2. The first-order chi connectivity index (χ1) is 28.2. The topological polar surface area (TPSA) is 48.5 Å². The predicted molar refractivity (Wildman–Crippen MR) is 238 cm³/mol. The van der Waals surface area contributed by atoms with E-state index >= 15 is 0 Å². The van der Waals surface area contributed by atoms with Gasteiger partial charge in [-0.3, -0.25) is 0 Å². The van der Waals surface area contributed by atoms with E-state index in [2.05, 4.69) is 137 Å². The largest absolute Gasteiger partial charge is 0.309 e. The molecule has 0 fully saturated rings. The van der Waals surface area contributed by atoms with E-state index in [9.17, 15) is 0 Å². The van der Waals surface area contributed by atoms with E-state index < -0.39 is 0 Å². The minimum absolute atomic E-state index is 0.631. The van der Waals surface area contributed by atoms with Crippen LogP contribution < -0.4 is 0 Å². The highest BCUT2D eigenvalue weighted by Crippen LogP contribution is 2.42. The summed E-state index contributed by atoms with van der Waals surface area (Å²) < 4.78 is 7.44. The first-order valence-electron chi connectivity index (χ1n) is 19.1. The van der Waals surface area contributed by atoms with Crippen LogP contribution in [0.3, 0.4) is 0 Å². The summed E-state index contributed by atoms with van der Waals surface area (Å²) in [7, 11) is 0. The Morgan fingerprint density at radius 3 is 1.49 bits per heavy atom. The molecule has 0 N–H and O–H groups in total. The molecule has 0 amide bonds. The third-order valence-corrected chi connectivity index (χ3v) is 12.3. The molecular weight excluding hydrogens is 715 g/mol. The Labute approximate surface area is 331 Å². The van der Waals surface area contributed by atoms with E-state index in [1.165, 1.54) is 52.8 Å². The van der Waals surface area contributed by atoms with Crippen LogP contribution in [0.2, 0.25) is 0 Å². The van der Waals surface area contributed by atoms with Gasteiger partial charge in [0, 0.05) is 69.8 Å². The van der Waals surface area contributed by atoms with Gasteiger partial charge in [-0.25, -0.2) is 15.0 Å². The standard InChI is InChI=1S/C51H31N5S/c1-3-14-32(15-4-1)49-52-50(33-16-5-2-6-17-33)54-51(53-49)34-18-13-19-35(28-34)55-43-23-10-7-20-37(43)40-29-36(26-27-45(40)55)56-44-24-11-8-21-38(44)41-31-48-42(30-46(41)56)39-22-9-12-25-47(39)57-48/h1-31H. The molecule has 4 aromatic heterocycles. The van der Waals surface area contributed by atoms with Gasteiger partial charge in [0.15, 0.2) is 17.5 Å². The lowest BCUT2D eigenvalue weighted by Gasteiger charge is -2.12. The quantitative estimate of drug-likeness (QED) is 0.176. The van der Waals surface area contributed by atoms with Crippen LogP contribution in [0.1, 0.15) is 0 Å². The van der Waals surface area contributed by atoms with Crippen LogP contribution in [0.4, 0.5) is 0 Å². The first kappa shape index (κ1) is 31.9. The van der Waals surface area contributed by atoms with Crippen LogP contribution in [0, 0.1) is 0 Å². The molecule has 0 aliphatic heterocycles. The third kappa shape index (κ3) is 5.04. The van der Waals surface area contributed by atoms with Gasteiger partial charge in [0.1, 0.15) is 0 Å². The summed E-state index contributed by atoms with van der Waals surface area (Å²) >= 11 is 1.87. The molecule has 57 heavy (non-hydrogen) atoms. The van der Waals surface area contributed by atoms with E-state index in [1.807, 2.05) is 72.0 Å². The number of fused-ring (bicyclic) bond motifs is 9. The van der Waals surface area contributed by atoms with Crippen LogP contribution in [-0.4, -0.2) is 24.1 Å². The summed E-state index contributed by atoms with van der Waals surface area (Å²) in [6.45, 7) is 0. The van der Waals surface area contributed by atoms with Gasteiger partial charge in [-0.1, -0.05) is 127 Å². The molecule has 5 nitrogen and oxygen atoms in total. The molecule has 0 spiro atoms. The molecule has 0 aliphatic rings. The maximum absolute atomic E-state index is 5.03. The second kappa shape index (κ2) is 12.6. The van der Waals surface area contributed by atoms with Crippen molar-refractivity contribution in [2.24, 2.45) is 0 Å². The summed E-state index contributed by atoms with van der Waals surface area (Å²) in [5, 5.41) is 7.53. The van der Waals surface area contributed by atoms with Gasteiger partial charge in [0.25, 0.3) is 0 Å². The van der Waals surface area contributed by atoms with Crippen LogP contribution in [0.5, 0.6) is 0 Å². The van der Waals surface area contributed by atoms with Gasteiger partial charge >= 0.3 is 0 Å². The van der Waals surface area contributed by atoms with Gasteiger partial charge in [-0.15, -0.1) is 11.3 Å². The van der Waals surface area contributed by atoms with Crippen molar-refractivity contribution in [2.45, 2.75) is 0 Å². The highest BCUT2D eigenvalue weighted by molar-refractivity contribution is 7.25. The molecule has 0 atom stereocenters. The minimum Gasteiger partial charge on any atom is -0.309 e. The summed E-state index contributed by atoms with van der Waals surface area (Å²) in [6, 6.07) is 66.7. The van der Waals surface area contributed by atoms with Crippen LogP contribution >= 0.6 is 11.3 Å². The van der Waals surface area contributed by atoms with E-state index in [4.69, 9.17) is 15.0 Å². The molecule has 0 radical (unpaired) electrons. The van der Waals surface area contributed by atoms with Crippen molar-refractivity contribution in [1.82, 2.24) is 24.1 Å². The van der Waals surface area contributed by atoms with E-state index in [-0.39, 0.29) is 0 Å². The van der Waals surface area contributed by atoms with Crippen molar-refractivity contribution >= 4 is 75.1 Å². The average Bonchev–Trinajstić information content (AvgIpc) is 3.93. The zero-order valence-corrected chi connectivity index (χ0v) is 31.4. The zero-order valence-electron chi connectivity index (χ0n) is 30.5. The molecule has 0 saturated carbocycles. The molecule has 6 heteroatoms. The van der Waals surface area contributed by atoms with Crippen LogP contribution in [0.25, 0.3) is 109 Å². The fraction of sp³-hybridized carbons (Fsp3) is 0. The number of nitrogens with zero attached hydrogens (tertiary/aromatic N) is 5. The van der Waals surface area contributed by atoms with Crippen molar-refractivity contribution in [3.05, 3.63) is 188 Å². The molecule has 0 unspecified atom stereocenters. The van der Waals surface area contributed by atoms with Crippen molar-refractivity contribution in [1.29, 1.82) is 0 Å². The molecule has 8 aromatic carbocycles. The summed E-state index contributed by atoms with van der Waals surface area (Å²) in [6.07, 6.45) is 0. The predicted octanol–water partition coefficient (Wildman–Crippen LogP) is 13.4. The van der Waals surface area contributed by atoms with Crippen molar-refractivity contribution < 1.29 is 0 Å². The Balaban J connectivity index is 1.05. The first-order valence-corrected chi connectivity index (χ1v) is 19.9. The van der Waals surface area contributed by atoms with E-state index in [0.717, 1.165) is 39.1 Å². The highest BCUT2D eigenvalue weighted by Gasteiger charge is 2.19. The lowest BCUT2D eigenvalue weighted by atomic mass is 10.1. The minimum atomic E-state index is 0.631. The molecular formula is C51H31N5S. The average molecular weight is 746 g/mol. The summed E-state index contributed by atoms with van der Waals surface area (Å²) in [5.74, 6) is 1.92. The van der Waals surface area contributed by atoms with Crippen molar-refractivity contribution in [3.63, 3.8) is 0 Å². The normalized spacial score (nSPS) is 11.9. The lowest BCUT2D eigenvalue weighted by molar-refractivity contribution is 1.07. The smallest absolute Gasteiger partial charge is 0.164 e. The maximum atomic E-state index is 5.03. The Kier molecular flexibility index (Phi) is 7.03. The molecule has 12 aromatic rings. The maximum Gasteiger partial charge on any atom is 0.164 e. The van der Waals surface area contributed by atoms with Crippen molar-refractivity contribution in [2.75, 3.05) is 0 Å². The highest BCUT2D eigenvalue weighted by atomic mass is 32.1. The van der Waals surface area contributed by atoms with Gasteiger partial charge in [-0.05, 0) is 60.7 Å². The van der Waals surface area contributed by atoms with Crippen LogP contribution in [0.15, 0.2) is 188 Å². The second-order valence-electron chi connectivity index (χ2n) is 14.5. The Morgan fingerprint density at radius 2 is 0.807 bits per heavy atom. The van der Waals surface area contributed by atoms with E-state index in [0.29, 0.717) is 17.5 Å². The van der Waals surface area contributed by atoms with Gasteiger partial charge in [0.05, 0.1) is 22.1 Å². The fourth-order valence-corrected chi connectivity index (χ4v) is 9.69. The van der Waals surface area contributed by atoms with Crippen LogP contribution in [-0.2, 0) is 0 Å². The third-order valence-electron chi connectivity index (χ3n) is 11.1. The SMILES string of the molecule is c1ccc(-c2nc(-c3ccccc3)nc(-c3cccc(-n4c5ccccc5c5cc(-n6c7ccccc7c7cc8sc9ccccc9c8cc76)ccc54)c3)n2)cc1. The zero-order chi connectivity index (χ0) is 37.5. The molecule has 0 bridgehead atoms. The molecule has 266 valence electrons. The lowest BCUT2D eigenvalue weighted by Crippen LogP contribution is -2.01. The molecule has 4 heterocycles. The monoisotopic (exact) mass is 745 g/mol. The number of benzene rings is 8. The molecule has 0 saturated heterocycles. The Hall–Kier alpha value is -7.41. The van der Waals surface area contributed by atoms with Crippen molar-refractivity contribution in [3.8, 4) is 45.5 Å². The number of aromatic nitrogens is 5. The Morgan fingerprint density at radius 1 is 0.298 bits per heavy atom. The molecule has 12 rings (SSSR count). The number of thiophene rings is 1. The summed E-state index contributed by atoms with van der Waals surface area (Å²) in [4.78, 5) is 15.0. The number of hydrogen-bond donors (Lipinski definition) is 0. The Bertz CT molecular complexity index is 3470. The number of hydrogen-bond acceptors (Lipinski definition) is 4. The van der Waals surface area contributed by atoms with E-state index in [1.54, 1.807) is 0 Å².